The summed E-state index contributed by atoms with van der Waals surface area (Å²) < 4.78 is 0. The lowest BCUT2D eigenvalue weighted by atomic mass is 9.98. The van der Waals surface area contributed by atoms with Crippen LogP contribution in [0.2, 0.25) is 0 Å². The summed E-state index contributed by atoms with van der Waals surface area (Å²) in [6.07, 6.45) is 2.15. The Bertz CT molecular complexity index is 724. The summed E-state index contributed by atoms with van der Waals surface area (Å²) in [6.45, 7) is 2.22. The van der Waals surface area contributed by atoms with Crippen LogP contribution >= 0.6 is 11.3 Å². The maximum atomic E-state index is 3.48. The molecule has 0 aliphatic rings. The minimum absolute atomic E-state index is 0.390. The molecule has 2 heteroatoms. The smallest absolute Gasteiger partial charge is 0.0453 e. The van der Waals surface area contributed by atoms with Crippen LogP contribution in [0, 0.1) is 0 Å². The van der Waals surface area contributed by atoms with Crippen molar-refractivity contribution in [3.63, 3.8) is 0 Å². The molecule has 108 valence electrons. The summed E-state index contributed by atoms with van der Waals surface area (Å²) in [4.78, 5) is 2.89. The van der Waals surface area contributed by atoms with Crippen molar-refractivity contribution in [1.82, 2.24) is 5.32 Å². The summed E-state index contributed by atoms with van der Waals surface area (Å²) in [6, 6.07) is 20.2. The summed E-state index contributed by atoms with van der Waals surface area (Å²) in [5.74, 6) is 0. The van der Waals surface area contributed by atoms with Crippen LogP contribution in [-0.4, -0.2) is 7.05 Å². The van der Waals surface area contributed by atoms with Crippen molar-refractivity contribution in [2.45, 2.75) is 25.8 Å². The van der Waals surface area contributed by atoms with Gasteiger partial charge >= 0.3 is 0 Å². The zero-order valence-electron chi connectivity index (χ0n) is 12.6. The fourth-order valence-electron chi connectivity index (χ4n) is 2.81. The molecular weight excluding hydrogens is 274 g/mol. The van der Waals surface area contributed by atoms with Crippen molar-refractivity contribution >= 4 is 22.1 Å². The zero-order valence-corrected chi connectivity index (χ0v) is 13.4. The maximum absolute atomic E-state index is 3.48. The predicted octanol–water partition coefficient (Wildman–Crippen LogP) is 4.97. The van der Waals surface area contributed by atoms with Crippen molar-refractivity contribution in [3.8, 4) is 0 Å². The van der Waals surface area contributed by atoms with E-state index in [1.807, 2.05) is 11.3 Å². The molecule has 0 fully saturated rings. The van der Waals surface area contributed by atoms with Gasteiger partial charge in [-0.15, -0.1) is 11.3 Å². The second kappa shape index (κ2) is 6.42. The normalized spacial score (nSPS) is 12.7. The van der Waals surface area contributed by atoms with Crippen molar-refractivity contribution < 1.29 is 0 Å². The van der Waals surface area contributed by atoms with Gasteiger partial charge in [-0.3, -0.25) is 0 Å². The van der Waals surface area contributed by atoms with Crippen LogP contribution < -0.4 is 5.32 Å². The van der Waals surface area contributed by atoms with E-state index in [1.165, 1.54) is 26.1 Å². The quantitative estimate of drug-likeness (QED) is 0.701. The Morgan fingerprint density at radius 3 is 2.57 bits per heavy atom. The van der Waals surface area contributed by atoms with Gasteiger partial charge < -0.3 is 5.32 Å². The zero-order chi connectivity index (χ0) is 14.7. The van der Waals surface area contributed by atoms with Crippen LogP contribution in [0.5, 0.6) is 0 Å². The molecule has 3 aromatic rings. The van der Waals surface area contributed by atoms with Gasteiger partial charge in [-0.25, -0.2) is 0 Å². The van der Waals surface area contributed by atoms with Crippen molar-refractivity contribution in [2.24, 2.45) is 0 Å². The molecule has 0 amide bonds. The third kappa shape index (κ3) is 3.02. The highest BCUT2D eigenvalue weighted by Gasteiger charge is 2.13. The van der Waals surface area contributed by atoms with E-state index in [0.29, 0.717) is 6.04 Å². The first-order chi connectivity index (χ1) is 10.3. The van der Waals surface area contributed by atoms with Crippen molar-refractivity contribution in [3.05, 3.63) is 69.9 Å². The molecule has 0 aliphatic heterocycles. The fraction of sp³-hybridized carbons (Fsp3) is 0.263. The number of hydrogen-bond acceptors (Lipinski definition) is 2. The number of aryl methyl sites for hydroxylation is 1. The molecule has 1 nitrogen and oxygen atoms in total. The van der Waals surface area contributed by atoms with Gasteiger partial charge in [0.2, 0.25) is 0 Å². The second-order valence-electron chi connectivity index (χ2n) is 5.34. The van der Waals surface area contributed by atoms with E-state index < -0.39 is 0 Å². The predicted molar refractivity (Wildman–Crippen MR) is 93.1 cm³/mol. The molecule has 0 bridgehead atoms. The third-order valence-electron chi connectivity index (χ3n) is 4.03. The van der Waals surface area contributed by atoms with Gasteiger partial charge in [-0.2, -0.15) is 0 Å². The number of benzene rings is 2. The molecule has 0 saturated carbocycles. The van der Waals surface area contributed by atoms with E-state index in [-0.39, 0.29) is 0 Å². The first-order valence-electron chi connectivity index (χ1n) is 7.54. The van der Waals surface area contributed by atoms with Crippen LogP contribution in [0.15, 0.2) is 54.6 Å². The van der Waals surface area contributed by atoms with Crippen LogP contribution in [0.3, 0.4) is 0 Å². The monoisotopic (exact) mass is 295 g/mol. The molecule has 1 heterocycles. The van der Waals surface area contributed by atoms with Crippen LogP contribution in [-0.2, 0) is 12.8 Å². The Kier molecular flexibility index (Phi) is 4.37. The molecule has 0 radical (unpaired) electrons. The summed E-state index contributed by atoms with van der Waals surface area (Å²) in [5, 5.41) is 6.17. The van der Waals surface area contributed by atoms with E-state index in [9.17, 15) is 0 Å². The third-order valence-corrected chi connectivity index (χ3v) is 5.37. The molecular formula is C19H21NS. The molecule has 2 aromatic carbocycles. The number of likely N-dealkylation sites (N-methyl/N-ethyl adjacent to an activating group) is 1. The standard InChI is InChI=1S/C19H21NS/c1-3-16-11-12-19(21-16)18(20-2)13-15-9-6-8-14-7-4-5-10-17(14)15/h4-12,18,20H,3,13H2,1-2H3. The number of nitrogens with one attached hydrogen (secondary N) is 1. The fourth-order valence-corrected chi connectivity index (χ4v) is 3.87. The van der Waals surface area contributed by atoms with Crippen LogP contribution in [0.25, 0.3) is 10.8 Å². The first-order valence-corrected chi connectivity index (χ1v) is 8.36. The molecule has 21 heavy (non-hydrogen) atoms. The van der Waals surface area contributed by atoms with Crippen LogP contribution in [0.1, 0.15) is 28.3 Å². The lowest BCUT2D eigenvalue weighted by Gasteiger charge is -2.16. The van der Waals surface area contributed by atoms with Gasteiger partial charge in [-0.1, -0.05) is 49.4 Å². The van der Waals surface area contributed by atoms with Gasteiger partial charge in [0, 0.05) is 15.8 Å². The molecule has 1 N–H and O–H groups in total. The number of thiophene rings is 1. The van der Waals surface area contributed by atoms with Crippen LogP contribution in [0.4, 0.5) is 0 Å². The lowest BCUT2D eigenvalue weighted by molar-refractivity contribution is 0.604. The SMILES string of the molecule is CCc1ccc(C(Cc2cccc3ccccc23)NC)s1. The van der Waals surface area contributed by atoms with E-state index >= 15 is 0 Å². The van der Waals surface area contributed by atoms with E-state index in [2.05, 4.69) is 73.9 Å². The number of hydrogen-bond donors (Lipinski definition) is 1. The largest absolute Gasteiger partial charge is 0.312 e. The topological polar surface area (TPSA) is 12.0 Å². The molecule has 0 spiro atoms. The molecule has 1 aromatic heterocycles. The van der Waals surface area contributed by atoms with Gasteiger partial charge in [0.15, 0.2) is 0 Å². The Morgan fingerprint density at radius 2 is 1.81 bits per heavy atom. The molecule has 0 saturated heterocycles. The number of rotatable bonds is 5. The Labute approximate surface area is 130 Å². The maximum Gasteiger partial charge on any atom is 0.0453 e. The Balaban J connectivity index is 1.92. The first kappa shape index (κ1) is 14.3. The summed E-state index contributed by atoms with van der Waals surface area (Å²) in [5.41, 5.74) is 1.42. The number of fused-ring (bicyclic) bond motifs is 1. The van der Waals surface area contributed by atoms with E-state index in [1.54, 1.807) is 0 Å². The highest BCUT2D eigenvalue weighted by atomic mass is 32.1. The Hall–Kier alpha value is -1.64. The Morgan fingerprint density at radius 1 is 1.00 bits per heavy atom. The summed E-state index contributed by atoms with van der Waals surface area (Å²) in [7, 11) is 2.06. The second-order valence-corrected chi connectivity index (χ2v) is 6.54. The highest BCUT2D eigenvalue weighted by molar-refractivity contribution is 7.12. The average molecular weight is 295 g/mol. The molecule has 3 rings (SSSR count). The molecule has 1 unspecified atom stereocenters. The lowest BCUT2D eigenvalue weighted by Crippen LogP contribution is -2.17. The summed E-state index contributed by atoms with van der Waals surface area (Å²) >= 11 is 1.93. The molecule has 1 atom stereocenters. The van der Waals surface area contributed by atoms with Gasteiger partial charge in [0.1, 0.15) is 0 Å². The van der Waals surface area contributed by atoms with Crippen molar-refractivity contribution in [2.75, 3.05) is 7.05 Å². The minimum atomic E-state index is 0.390. The van der Waals surface area contributed by atoms with E-state index in [4.69, 9.17) is 0 Å². The molecule has 0 aliphatic carbocycles. The highest BCUT2D eigenvalue weighted by Crippen LogP contribution is 2.28. The van der Waals surface area contributed by atoms with E-state index in [0.717, 1.165) is 12.8 Å². The minimum Gasteiger partial charge on any atom is -0.312 e. The van der Waals surface area contributed by atoms with Gasteiger partial charge in [-0.05, 0) is 48.4 Å². The van der Waals surface area contributed by atoms with Gasteiger partial charge in [0.25, 0.3) is 0 Å². The van der Waals surface area contributed by atoms with Gasteiger partial charge in [0.05, 0.1) is 0 Å². The average Bonchev–Trinajstić information content (AvgIpc) is 3.01. The van der Waals surface area contributed by atoms with Crippen molar-refractivity contribution in [1.29, 1.82) is 0 Å².